The SMILES string of the molecule is CC.c1ccc(P(c2ccccc2)c2ccc(C3(c4ccccc4)c4ccccc4-n4c5ccccc5c5cccc3c54)cc2)cc1. The van der Waals surface area contributed by atoms with Crippen LogP contribution in [0.5, 0.6) is 0 Å². The molecule has 0 saturated carbocycles. The fourth-order valence-electron chi connectivity index (χ4n) is 7.64. The van der Waals surface area contributed by atoms with E-state index < -0.39 is 13.3 Å². The predicted molar refractivity (Wildman–Crippen MR) is 203 cm³/mol. The smallest absolute Gasteiger partial charge is 0.0742 e. The van der Waals surface area contributed by atoms with Crippen molar-refractivity contribution in [2.24, 2.45) is 0 Å². The van der Waals surface area contributed by atoms with Crippen molar-refractivity contribution in [3.63, 3.8) is 0 Å². The van der Waals surface area contributed by atoms with Crippen molar-refractivity contribution in [2.75, 3.05) is 0 Å². The van der Waals surface area contributed by atoms with Crippen LogP contribution in [0.3, 0.4) is 0 Å². The molecule has 2 heteroatoms. The summed E-state index contributed by atoms with van der Waals surface area (Å²) in [7, 11) is -0.694. The summed E-state index contributed by atoms with van der Waals surface area (Å²) >= 11 is 0. The van der Waals surface area contributed by atoms with Gasteiger partial charge in [-0.1, -0.05) is 184 Å². The van der Waals surface area contributed by atoms with Crippen LogP contribution in [0.4, 0.5) is 0 Å². The lowest BCUT2D eigenvalue weighted by molar-refractivity contribution is 0.728. The maximum atomic E-state index is 2.49. The Bertz CT molecular complexity index is 2270. The third kappa shape index (κ3) is 4.49. The van der Waals surface area contributed by atoms with Gasteiger partial charge in [-0.2, -0.15) is 0 Å². The summed E-state index contributed by atoms with van der Waals surface area (Å²) < 4.78 is 2.49. The average Bonchev–Trinajstić information content (AvgIpc) is 3.50. The van der Waals surface area contributed by atoms with Crippen molar-refractivity contribution in [1.82, 2.24) is 4.57 Å². The topological polar surface area (TPSA) is 4.93 Å². The molecule has 1 aromatic heterocycles. The first-order valence-electron chi connectivity index (χ1n) is 16.5. The van der Waals surface area contributed by atoms with Crippen LogP contribution in [0.2, 0.25) is 0 Å². The van der Waals surface area contributed by atoms with Crippen molar-refractivity contribution in [2.45, 2.75) is 19.3 Å². The van der Waals surface area contributed by atoms with Crippen molar-refractivity contribution in [3.05, 3.63) is 204 Å². The van der Waals surface area contributed by atoms with Gasteiger partial charge >= 0.3 is 0 Å². The third-order valence-corrected chi connectivity index (χ3v) is 11.9. The molecule has 0 N–H and O–H groups in total. The van der Waals surface area contributed by atoms with E-state index in [0.717, 1.165) is 0 Å². The highest BCUT2D eigenvalue weighted by atomic mass is 31.1. The van der Waals surface area contributed by atoms with Crippen molar-refractivity contribution in [3.8, 4) is 5.69 Å². The molecule has 226 valence electrons. The van der Waals surface area contributed by atoms with Gasteiger partial charge in [-0.25, -0.2) is 0 Å². The van der Waals surface area contributed by atoms with Crippen LogP contribution in [0, 0.1) is 0 Å². The largest absolute Gasteiger partial charge is 0.309 e. The van der Waals surface area contributed by atoms with Crippen LogP contribution in [0.25, 0.3) is 27.5 Å². The van der Waals surface area contributed by atoms with Crippen molar-refractivity contribution >= 4 is 45.6 Å². The lowest BCUT2D eigenvalue weighted by Crippen LogP contribution is -2.35. The Morgan fingerprint density at radius 2 is 0.894 bits per heavy atom. The van der Waals surface area contributed by atoms with E-state index in [-0.39, 0.29) is 0 Å². The number of benzene rings is 7. The second kappa shape index (κ2) is 12.2. The minimum absolute atomic E-state index is 0.484. The van der Waals surface area contributed by atoms with Crippen LogP contribution in [-0.2, 0) is 5.41 Å². The molecule has 1 unspecified atom stereocenters. The maximum absolute atomic E-state index is 2.49. The standard InChI is InChI=1S/C43H30NP.C2H6/c1-4-15-31(16-5-1)43(32-27-29-35(30-28-32)45(33-17-6-2-7-18-33)34-19-8-3-9-20-34)38-23-11-13-26-41(38)44-40-25-12-10-21-36(40)37-22-14-24-39(43)42(37)44;1-2/h1-30H;1-2H3. The van der Waals surface area contributed by atoms with Gasteiger partial charge in [0.05, 0.1) is 22.1 Å². The quantitative estimate of drug-likeness (QED) is 0.169. The van der Waals surface area contributed by atoms with Gasteiger partial charge < -0.3 is 4.57 Å². The first kappa shape index (κ1) is 29.2. The first-order chi connectivity index (χ1) is 23.4. The summed E-state index contributed by atoms with van der Waals surface area (Å²) in [6, 6.07) is 67.4. The van der Waals surface area contributed by atoms with Gasteiger partial charge in [-0.05, 0) is 58.2 Å². The Morgan fingerprint density at radius 1 is 0.404 bits per heavy atom. The third-order valence-electron chi connectivity index (χ3n) is 9.44. The fourth-order valence-corrected chi connectivity index (χ4v) is 9.92. The van der Waals surface area contributed by atoms with E-state index in [1.165, 1.54) is 65.7 Å². The van der Waals surface area contributed by atoms with E-state index in [0.29, 0.717) is 0 Å². The van der Waals surface area contributed by atoms with Crippen LogP contribution in [0.15, 0.2) is 182 Å². The van der Waals surface area contributed by atoms with Crippen LogP contribution in [-0.4, -0.2) is 4.57 Å². The number of aromatic nitrogens is 1. The van der Waals surface area contributed by atoms with Gasteiger partial charge in [-0.3, -0.25) is 0 Å². The Hall–Kier alpha value is -5.23. The molecule has 0 fully saturated rings. The zero-order valence-electron chi connectivity index (χ0n) is 26.7. The Kier molecular flexibility index (Phi) is 7.56. The molecule has 0 spiro atoms. The van der Waals surface area contributed by atoms with Crippen molar-refractivity contribution in [1.29, 1.82) is 0 Å². The Balaban J connectivity index is 0.00000159. The van der Waals surface area contributed by atoms with Crippen LogP contribution in [0.1, 0.15) is 36.1 Å². The average molecular weight is 622 g/mol. The summed E-state index contributed by atoms with van der Waals surface area (Å²) in [6.45, 7) is 4.00. The predicted octanol–water partition coefficient (Wildman–Crippen LogP) is 10.3. The molecule has 7 aromatic carbocycles. The summed E-state index contributed by atoms with van der Waals surface area (Å²) in [5.41, 5.74) is 8.49. The number of nitrogens with zero attached hydrogens (tertiary/aromatic N) is 1. The Morgan fingerprint density at radius 3 is 1.57 bits per heavy atom. The van der Waals surface area contributed by atoms with Gasteiger partial charge in [0, 0.05) is 10.8 Å². The lowest BCUT2D eigenvalue weighted by Gasteiger charge is -2.41. The van der Waals surface area contributed by atoms with Crippen molar-refractivity contribution < 1.29 is 0 Å². The molecular weight excluding hydrogens is 585 g/mol. The second-order valence-corrected chi connectivity index (χ2v) is 14.0. The molecule has 1 aliphatic rings. The van der Waals surface area contributed by atoms with E-state index in [9.17, 15) is 0 Å². The fraction of sp³-hybridized carbons (Fsp3) is 0.0667. The molecule has 0 aliphatic carbocycles. The zero-order chi connectivity index (χ0) is 31.8. The number of fused-ring (bicyclic) bond motifs is 5. The molecule has 1 atom stereocenters. The van der Waals surface area contributed by atoms with Crippen LogP contribution < -0.4 is 15.9 Å². The number of para-hydroxylation sites is 3. The summed E-state index contributed by atoms with van der Waals surface area (Å²) in [6.07, 6.45) is 0. The summed E-state index contributed by atoms with van der Waals surface area (Å²) in [5.74, 6) is 0. The lowest BCUT2D eigenvalue weighted by atomic mass is 9.63. The van der Waals surface area contributed by atoms with Gasteiger partial charge in [0.1, 0.15) is 0 Å². The molecule has 0 saturated heterocycles. The normalized spacial score (nSPS) is 14.9. The molecule has 47 heavy (non-hydrogen) atoms. The minimum Gasteiger partial charge on any atom is -0.309 e. The van der Waals surface area contributed by atoms with E-state index in [1.54, 1.807) is 0 Å². The molecule has 9 rings (SSSR count). The molecule has 1 nitrogen and oxygen atoms in total. The molecule has 0 bridgehead atoms. The van der Waals surface area contributed by atoms with E-state index in [1.807, 2.05) is 13.8 Å². The molecular formula is C45H36NP. The number of hydrogen-bond acceptors (Lipinski definition) is 0. The van der Waals surface area contributed by atoms with E-state index in [4.69, 9.17) is 0 Å². The van der Waals surface area contributed by atoms with Gasteiger partial charge in [0.25, 0.3) is 0 Å². The first-order valence-corrected chi connectivity index (χ1v) is 17.9. The minimum atomic E-state index is -0.694. The molecule has 0 radical (unpaired) electrons. The monoisotopic (exact) mass is 621 g/mol. The summed E-state index contributed by atoms with van der Waals surface area (Å²) in [4.78, 5) is 0. The van der Waals surface area contributed by atoms with E-state index >= 15 is 0 Å². The van der Waals surface area contributed by atoms with Gasteiger partial charge in [0.2, 0.25) is 0 Å². The molecule has 0 amide bonds. The van der Waals surface area contributed by atoms with E-state index in [2.05, 4.69) is 187 Å². The molecule has 1 aliphatic heterocycles. The highest BCUT2D eigenvalue weighted by molar-refractivity contribution is 7.79. The van der Waals surface area contributed by atoms with Gasteiger partial charge in [-0.15, -0.1) is 0 Å². The zero-order valence-corrected chi connectivity index (χ0v) is 27.6. The highest BCUT2D eigenvalue weighted by Gasteiger charge is 2.45. The molecule has 8 aromatic rings. The maximum Gasteiger partial charge on any atom is 0.0742 e. The second-order valence-electron chi connectivity index (χ2n) is 11.7. The van der Waals surface area contributed by atoms with Gasteiger partial charge in [0.15, 0.2) is 0 Å². The Labute approximate surface area is 278 Å². The number of hydrogen-bond donors (Lipinski definition) is 0. The van der Waals surface area contributed by atoms with Crippen LogP contribution >= 0.6 is 7.92 Å². The molecule has 2 heterocycles. The summed E-state index contributed by atoms with van der Waals surface area (Å²) in [5, 5.41) is 6.67. The highest BCUT2D eigenvalue weighted by Crippen LogP contribution is 2.54. The number of rotatable bonds is 5.